The van der Waals surface area contributed by atoms with Gasteiger partial charge in [0, 0.05) is 11.9 Å². The van der Waals surface area contributed by atoms with Crippen LogP contribution < -0.4 is 0 Å². The van der Waals surface area contributed by atoms with Crippen molar-refractivity contribution >= 4 is 11.8 Å². The third kappa shape index (κ3) is 2.78. The van der Waals surface area contributed by atoms with Gasteiger partial charge in [-0.05, 0) is 18.7 Å². The third-order valence-corrected chi connectivity index (χ3v) is 2.34. The molecule has 1 rings (SSSR count). The SMILES string of the molecule is CSCc1nn(CCC#N)cc1C. The molecule has 0 N–H and O–H groups in total. The Bertz CT molecular complexity index is 311. The molecule has 0 atom stereocenters. The summed E-state index contributed by atoms with van der Waals surface area (Å²) in [6.07, 6.45) is 4.59. The number of rotatable bonds is 4. The molecular weight excluding hydrogens is 182 g/mol. The van der Waals surface area contributed by atoms with Gasteiger partial charge in [0.2, 0.25) is 0 Å². The van der Waals surface area contributed by atoms with Crippen LogP contribution in [0.2, 0.25) is 0 Å². The molecule has 0 amide bonds. The van der Waals surface area contributed by atoms with Crippen LogP contribution in [0.1, 0.15) is 17.7 Å². The molecule has 3 nitrogen and oxygen atoms in total. The minimum absolute atomic E-state index is 0.528. The second kappa shape index (κ2) is 4.93. The highest BCUT2D eigenvalue weighted by Gasteiger charge is 2.03. The van der Waals surface area contributed by atoms with Crippen molar-refractivity contribution in [3.05, 3.63) is 17.5 Å². The zero-order valence-corrected chi connectivity index (χ0v) is 8.77. The standard InChI is InChI=1S/C9H13N3S/c1-8-6-12(5-3-4-10)11-9(8)7-13-2/h6H,3,5,7H2,1-2H3. The van der Waals surface area contributed by atoms with E-state index in [2.05, 4.69) is 24.3 Å². The first kappa shape index (κ1) is 10.1. The zero-order valence-electron chi connectivity index (χ0n) is 7.95. The lowest BCUT2D eigenvalue weighted by molar-refractivity contribution is 0.621. The lowest BCUT2D eigenvalue weighted by Crippen LogP contribution is -1.98. The van der Waals surface area contributed by atoms with Crippen LogP contribution >= 0.6 is 11.8 Å². The minimum Gasteiger partial charge on any atom is -0.271 e. The molecule has 0 saturated carbocycles. The molecule has 4 heteroatoms. The van der Waals surface area contributed by atoms with Crippen LogP contribution in [0.5, 0.6) is 0 Å². The number of aromatic nitrogens is 2. The number of hydrogen-bond acceptors (Lipinski definition) is 3. The number of hydrogen-bond donors (Lipinski definition) is 0. The fourth-order valence-corrected chi connectivity index (χ4v) is 1.68. The lowest BCUT2D eigenvalue weighted by Gasteiger charge is -1.94. The van der Waals surface area contributed by atoms with Crippen molar-refractivity contribution in [3.63, 3.8) is 0 Å². The molecule has 0 spiro atoms. The van der Waals surface area contributed by atoms with Gasteiger partial charge in [-0.15, -0.1) is 0 Å². The second-order valence-corrected chi connectivity index (χ2v) is 3.73. The minimum atomic E-state index is 0.528. The van der Waals surface area contributed by atoms with Crippen molar-refractivity contribution < 1.29 is 0 Å². The summed E-state index contributed by atoms with van der Waals surface area (Å²) >= 11 is 1.77. The monoisotopic (exact) mass is 195 g/mol. The first-order valence-electron chi connectivity index (χ1n) is 4.16. The molecule has 0 saturated heterocycles. The topological polar surface area (TPSA) is 41.6 Å². The summed E-state index contributed by atoms with van der Waals surface area (Å²) in [7, 11) is 0. The highest BCUT2D eigenvalue weighted by atomic mass is 32.2. The average Bonchev–Trinajstić information content (AvgIpc) is 2.45. The molecule has 1 heterocycles. The van der Waals surface area contributed by atoms with Gasteiger partial charge in [-0.25, -0.2) is 0 Å². The van der Waals surface area contributed by atoms with Gasteiger partial charge in [0.25, 0.3) is 0 Å². The van der Waals surface area contributed by atoms with Gasteiger partial charge in [0.15, 0.2) is 0 Å². The van der Waals surface area contributed by atoms with Gasteiger partial charge in [-0.1, -0.05) is 0 Å². The number of nitriles is 1. The van der Waals surface area contributed by atoms with E-state index in [-0.39, 0.29) is 0 Å². The van der Waals surface area contributed by atoms with Gasteiger partial charge in [0.05, 0.1) is 24.7 Å². The van der Waals surface area contributed by atoms with E-state index < -0.39 is 0 Å². The fraction of sp³-hybridized carbons (Fsp3) is 0.556. The number of thioether (sulfide) groups is 1. The molecule has 1 aromatic heterocycles. The Morgan fingerprint density at radius 2 is 2.46 bits per heavy atom. The van der Waals surface area contributed by atoms with Gasteiger partial charge < -0.3 is 0 Å². The average molecular weight is 195 g/mol. The normalized spacial score (nSPS) is 9.92. The van der Waals surface area contributed by atoms with E-state index in [0.29, 0.717) is 13.0 Å². The van der Waals surface area contributed by atoms with E-state index in [4.69, 9.17) is 5.26 Å². The largest absolute Gasteiger partial charge is 0.271 e. The van der Waals surface area contributed by atoms with Gasteiger partial charge in [0.1, 0.15) is 0 Å². The van der Waals surface area contributed by atoms with E-state index >= 15 is 0 Å². The van der Waals surface area contributed by atoms with E-state index in [1.165, 1.54) is 5.56 Å². The van der Waals surface area contributed by atoms with E-state index in [1.807, 2.05) is 10.9 Å². The van der Waals surface area contributed by atoms with Crippen molar-refractivity contribution in [1.82, 2.24) is 9.78 Å². The first-order valence-corrected chi connectivity index (χ1v) is 5.56. The summed E-state index contributed by atoms with van der Waals surface area (Å²) in [5.74, 6) is 0.950. The molecule has 13 heavy (non-hydrogen) atoms. The first-order chi connectivity index (χ1) is 6.27. The maximum Gasteiger partial charge on any atom is 0.0752 e. The summed E-state index contributed by atoms with van der Waals surface area (Å²) in [5.41, 5.74) is 2.35. The van der Waals surface area contributed by atoms with Crippen LogP contribution in [-0.4, -0.2) is 16.0 Å². The number of aryl methyl sites for hydroxylation is 2. The summed E-state index contributed by atoms with van der Waals surface area (Å²) in [4.78, 5) is 0. The molecule has 0 aliphatic carbocycles. The number of nitrogens with zero attached hydrogens (tertiary/aromatic N) is 3. The molecule has 70 valence electrons. The second-order valence-electron chi connectivity index (χ2n) is 2.86. The Labute approximate surface area is 82.7 Å². The Hall–Kier alpha value is -0.950. The summed E-state index contributed by atoms with van der Waals surface area (Å²) in [6, 6.07) is 2.11. The maximum absolute atomic E-state index is 8.41. The lowest BCUT2D eigenvalue weighted by atomic mass is 10.3. The van der Waals surface area contributed by atoms with Crippen LogP contribution in [0, 0.1) is 18.3 Å². The Morgan fingerprint density at radius 1 is 1.69 bits per heavy atom. The smallest absolute Gasteiger partial charge is 0.0752 e. The predicted molar refractivity (Wildman–Crippen MR) is 54.4 cm³/mol. The highest BCUT2D eigenvalue weighted by Crippen LogP contribution is 2.11. The van der Waals surface area contributed by atoms with Gasteiger partial charge in [-0.3, -0.25) is 4.68 Å². The summed E-state index contributed by atoms with van der Waals surface area (Å²) in [6.45, 7) is 2.76. The Kier molecular flexibility index (Phi) is 3.84. The van der Waals surface area contributed by atoms with Crippen molar-refractivity contribution in [2.45, 2.75) is 25.6 Å². The molecule has 0 unspecified atom stereocenters. The van der Waals surface area contributed by atoms with Crippen LogP contribution in [0.3, 0.4) is 0 Å². The van der Waals surface area contributed by atoms with Gasteiger partial charge in [-0.2, -0.15) is 22.1 Å². The van der Waals surface area contributed by atoms with E-state index in [9.17, 15) is 0 Å². The molecule has 0 aliphatic heterocycles. The van der Waals surface area contributed by atoms with Crippen LogP contribution in [0.15, 0.2) is 6.20 Å². The van der Waals surface area contributed by atoms with Crippen LogP contribution in [-0.2, 0) is 12.3 Å². The molecule has 1 aromatic rings. The zero-order chi connectivity index (χ0) is 9.68. The quantitative estimate of drug-likeness (QED) is 0.737. The molecular formula is C9H13N3S. The Morgan fingerprint density at radius 3 is 3.08 bits per heavy atom. The fourth-order valence-electron chi connectivity index (χ4n) is 1.12. The molecule has 0 radical (unpaired) electrons. The Balaban J connectivity index is 2.66. The van der Waals surface area contributed by atoms with Crippen molar-refractivity contribution in [1.29, 1.82) is 5.26 Å². The summed E-state index contributed by atoms with van der Waals surface area (Å²) in [5, 5.41) is 12.8. The highest BCUT2D eigenvalue weighted by molar-refractivity contribution is 7.97. The van der Waals surface area contributed by atoms with Gasteiger partial charge >= 0.3 is 0 Å². The van der Waals surface area contributed by atoms with Crippen molar-refractivity contribution in [2.24, 2.45) is 0 Å². The molecule has 0 fully saturated rings. The molecule has 0 bridgehead atoms. The molecule has 0 aliphatic rings. The predicted octanol–water partition coefficient (Wildman–Crippen LogP) is 1.97. The third-order valence-electron chi connectivity index (χ3n) is 1.78. The van der Waals surface area contributed by atoms with Crippen LogP contribution in [0.4, 0.5) is 0 Å². The van der Waals surface area contributed by atoms with E-state index in [0.717, 1.165) is 11.4 Å². The van der Waals surface area contributed by atoms with E-state index in [1.54, 1.807) is 11.8 Å². The van der Waals surface area contributed by atoms with Crippen molar-refractivity contribution in [2.75, 3.05) is 6.26 Å². The van der Waals surface area contributed by atoms with Crippen LogP contribution in [0.25, 0.3) is 0 Å². The maximum atomic E-state index is 8.41. The molecule has 0 aromatic carbocycles. The summed E-state index contributed by atoms with van der Waals surface area (Å²) < 4.78 is 1.85. The van der Waals surface area contributed by atoms with Crippen molar-refractivity contribution in [3.8, 4) is 6.07 Å².